The number of benzene rings is 3. The average Bonchev–Trinajstić information content (AvgIpc) is 2.10. The number of rotatable bonds is 9. The molecule has 0 saturated carbocycles. The van der Waals surface area contributed by atoms with Gasteiger partial charge in [-0.2, -0.15) is 20.4 Å². The number of esters is 4. The Bertz CT molecular complexity index is 3570. The Balaban J connectivity index is 0.000000136. The summed E-state index contributed by atoms with van der Waals surface area (Å²) in [6.45, 7) is 24.5. The summed E-state index contributed by atoms with van der Waals surface area (Å²) in [6, 6.07) is 23.6. The number of aliphatic hydroxyl groups is 1. The normalized spacial score (nSPS) is 17.1. The third-order valence-electron chi connectivity index (χ3n) is 17.0. The lowest BCUT2D eigenvalue weighted by atomic mass is 9.76. The van der Waals surface area contributed by atoms with E-state index in [1.165, 1.54) is 12.7 Å². The molecule has 0 fully saturated rings. The summed E-state index contributed by atoms with van der Waals surface area (Å²) >= 11 is 0. The van der Waals surface area contributed by atoms with Gasteiger partial charge in [0.25, 0.3) is 0 Å². The van der Waals surface area contributed by atoms with E-state index in [2.05, 4.69) is 83.7 Å². The average molecular weight is 1150 g/mol. The smallest absolute Gasteiger partial charge is 0.359 e. The zero-order valence-electron chi connectivity index (χ0n) is 51.3. The van der Waals surface area contributed by atoms with Crippen molar-refractivity contribution < 1.29 is 43.2 Å². The highest BCUT2D eigenvalue weighted by Gasteiger charge is 2.38. The number of methoxy groups -OCH3 is 1. The van der Waals surface area contributed by atoms with Crippen molar-refractivity contribution in [1.29, 1.82) is 0 Å². The number of aryl methyl sites for hydroxylation is 4. The summed E-state index contributed by atoms with van der Waals surface area (Å²) < 4.78 is 26.1. The van der Waals surface area contributed by atoms with Crippen LogP contribution in [0.25, 0.3) is 17.1 Å². The standard InChI is InChI=1S/C19H24N2O3.C19H24N2O2.C17H18N2O2.C12H18N2O2/c1-4-24-18(23)17-14-11-19(2,3)10-9-16(14)21(20-17)15-8-6-5-7-13(15)12-22;1-5-13-8-6-7-9-16(13)21-17(18(22)23-4)14-12-19(2,3)11-10-15(14)20-21;1-17(2)8-7-13-12(9-17)15-16(20)21-10-11-5-3-4-6-14(11)19(15)18-13;1-4-16-11(15)10-8-7-12(2,3)6-5-9(8)13-14-10/h5-8,22H,4,9-12H2,1-3H3;6-9H,5,10-12H2,1-4H3;3-6H,7-10H2,1-2H3;4-7H2,1-3H3,(H,13,14). The molecule has 446 valence electrons. The van der Waals surface area contributed by atoms with Crippen molar-refractivity contribution in [2.45, 2.75) is 173 Å². The molecule has 7 aromatic rings. The van der Waals surface area contributed by atoms with Gasteiger partial charge in [-0.25, -0.2) is 33.2 Å². The highest BCUT2D eigenvalue weighted by atomic mass is 16.5. The first-order valence-corrected chi connectivity index (χ1v) is 29.9. The summed E-state index contributed by atoms with van der Waals surface area (Å²) in [5.41, 5.74) is 17.0. The molecule has 0 atom stereocenters. The van der Waals surface area contributed by atoms with Gasteiger partial charge in [-0.05, 0) is 143 Å². The molecule has 17 heteroatoms. The lowest BCUT2D eigenvalue weighted by molar-refractivity contribution is 0.0467. The van der Waals surface area contributed by atoms with Crippen molar-refractivity contribution >= 4 is 23.9 Å². The fraction of sp³-hybridized carbons (Fsp3) is 0.493. The molecule has 1 aliphatic heterocycles. The van der Waals surface area contributed by atoms with Crippen LogP contribution in [0.2, 0.25) is 0 Å². The first-order chi connectivity index (χ1) is 40.0. The molecule has 5 heterocycles. The molecule has 17 nitrogen and oxygen atoms in total. The van der Waals surface area contributed by atoms with E-state index in [1.807, 2.05) is 71.4 Å². The Morgan fingerprint density at radius 3 is 1.71 bits per heavy atom. The number of aromatic amines is 1. The van der Waals surface area contributed by atoms with Gasteiger partial charge in [-0.15, -0.1) is 0 Å². The van der Waals surface area contributed by atoms with E-state index in [-0.39, 0.29) is 52.1 Å². The number of fused-ring (bicyclic) bond motifs is 8. The predicted molar refractivity (Wildman–Crippen MR) is 320 cm³/mol. The molecule has 0 spiro atoms. The number of nitrogens with one attached hydrogen (secondary N) is 1. The molecule has 4 aliphatic carbocycles. The van der Waals surface area contributed by atoms with Gasteiger partial charge < -0.3 is 24.1 Å². The van der Waals surface area contributed by atoms with Crippen LogP contribution >= 0.6 is 0 Å². The number of carbonyl (C=O) groups is 4. The molecule has 84 heavy (non-hydrogen) atoms. The van der Waals surface area contributed by atoms with Crippen molar-refractivity contribution in [2.24, 2.45) is 21.7 Å². The molecular weight excluding hydrogens is 1060 g/mol. The molecule has 2 N–H and O–H groups in total. The van der Waals surface area contributed by atoms with Gasteiger partial charge in [-0.3, -0.25) is 5.10 Å². The zero-order valence-corrected chi connectivity index (χ0v) is 51.3. The monoisotopic (exact) mass is 1140 g/mol. The van der Waals surface area contributed by atoms with Crippen LogP contribution in [0.4, 0.5) is 0 Å². The molecule has 5 aliphatic rings. The van der Waals surface area contributed by atoms with Crippen LogP contribution in [0.3, 0.4) is 0 Å². The lowest BCUT2D eigenvalue weighted by Crippen LogP contribution is -2.24. The van der Waals surface area contributed by atoms with Crippen molar-refractivity contribution in [3.05, 3.63) is 157 Å². The molecule has 0 radical (unpaired) electrons. The Hall–Kier alpha value is -7.66. The minimum atomic E-state index is -0.369. The minimum Gasteiger partial charge on any atom is -0.464 e. The number of aromatic nitrogens is 8. The summed E-state index contributed by atoms with van der Waals surface area (Å²) in [5, 5.41) is 30.8. The Morgan fingerprint density at radius 1 is 0.583 bits per heavy atom. The third-order valence-corrected chi connectivity index (χ3v) is 17.0. The van der Waals surface area contributed by atoms with Crippen molar-refractivity contribution in [1.82, 2.24) is 39.5 Å². The Morgan fingerprint density at radius 2 is 1.10 bits per heavy atom. The topological polar surface area (TPSA) is 208 Å². The summed E-state index contributed by atoms with van der Waals surface area (Å²) in [5.74, 6) is -1.23. The van der Waals surface area contributed by atoms with E-state index in [0.29, 0.717) is 42.6 Å². The van der Waals surface area contributed by atoms with Crippen molar-refractivity contribution in [3.63, 3.8) is 0 Å². The first-order valence-electron chi connectivity index (χ1n) is 29.9. The third kappa shape index (κ3) is 13.0. The van der Waals surface area contributed by atoms with E-state index in [1.54, 1.807) is 23.2 Å². The number of aliphatic hydroxyl groups excluding tert-OH is 1. The quantitative estimate of drug-likeness (QED) is 0.102. The summed E-state index contributed by atoms with van der Waals surface area (Å²) in [4.78, 5) is 49.0. The molecule has 12 rings (SSSR count). The highest BCUT2D eigenvalue weighted by molar-refractivity contribution is 5.92. The van der Waals surface area contributed by atoms with Gasteiger partial charge in [0.15, 0.2) is 22.8 Å². The fourth-order valence-corrected chi connectivity index (χ4v) is 12.3. The number of nitrogens with zero attached hydrogens (tertiary/aromatic N) is 7. The SMILES string of the molecule is CC1(C)CCc2nn3c(c2C1)C(=O)OCc1ccccc1-3.CCOC(=O)c1n[nH]c2c1CC(C)(C)CC2.CCOC(=O)c1nn(-c2ccccc2CO)c2c1CC(C)(C)CC2.CCc1ccccc1-n1nc2c(c1C(=O)OC)CC(C)(C)CC2. The van der Waals surface area contributed by atoms with Gasteiger partial charge in [0.2, 0.25) is 0 Å². The van der Waals surface area contributed by atoms with E-state index in [0.717, 1.165) is 157 Å². The second-order valence-corrected chi connectivity index (χ2v) is 25.9. The molecule has 3 aromatic carbocycles. The van der Waals surface area contributed by atoms with E-state index < -0.39 is 0 Å². The van der Waals surface area contributed by atoms with Gasteiger partial charge in [0.05, 0.1) is 55.4 Å². The van der Waals surface area contributed by atoms with E-state index in [4.69, 9.17) is 29.1 Å². The van der Waals surface area contributed by atoms with Crippen molar-refractivity contribution in [3.8, 4) is 17.1 Å². The predicted octanol–water partition coefficient (Wildman–Crippen LogP) is 12.0. The van der Waals surface area contributed by atoms with E-state index >= 15 is 0 Å². The molecular formula is C67H84N8O9. The van der Waals surface area contributed by atoms with Crippen molar-refractivity contribution in [2.75, 3.05) is 20.3 Å². The Labute approximate surface area is 493 Å². The number of hydrogen-bond donors (Lipinski definition) is 2. The molecule has 0 saturated heterocycles. The Kier molecular flexibility index (Phi) is 18.0. The van der Waals surface area contributed by atoms with Gasteiger partial charge in [0, 0.05) is 44.8 Å². The number of H-pyrrole nitrogens is 1. The molecule has 0 bridgehead atoms. The number of hydrogen-bond acceptors (Lipinski definition) is 13. The van der Waals surface area contributed by atoms with Crippen LogP contribution in [-0.4, -0.2) is 88.8 Å². The first kappa shape index (κ1) is 60.9. The number of para-hydroxylation sites is 3. The summed E-state index contributed by atoms with van der Waals surface area (Å²) in [6.07, 6.45) is 12.4. The maximum Gasteiger partial charge on any atom is 0.359 e. The largest absolute Gasteiger partial charge is 0.464 e. The van der Waals surface area contributed by atoms with Crippen LogP contribution in [0, 0.1) is 21.7 Å². The van der Waals surface area contributed by atoms with Crippen LogP contribution in [0.1, 0.15) is 206 Å². The maximum atomic E-state index is 12.5. The van der Waals surface area contributed by atoms with Crippen LogP contribution in [0.5, 0.6) is 0 Å². The van der Waals surface area contributed by atoms with Crippen LogP contribution < -0.4 is 0 Å². The number of ether oxygens (including phenoxy) is 4. The fourth-order valence-electron chi connectivity index (χ4n) is 12.3. The number of cyclic esters (lactones) is 1. The summed E-state index contributed by atoms with van der Waals surface area (Å²) in [7, 11) is 1.44. The highest BCUT2D eigenvalue weighted by Crippen LogP contribution is 2.41. The lowest BCUT2D eigenvalue weighted by Gasteiger charge is -2.30. The zero-order chi connectivity index (χ0) is 60.3. The minimum absolute atomic E-state index is 0.0644. The van der Waals surface area contributed by atoms with E-state index in [9.17, 15) is 24.3 Å². The van der Waals surface area contributed by atoms with Gasteiger partial charge in [-0.1, -0.05) is 117 Å². The number of carbonyl (C=O) groups excluding carboxylic acids is 4. The van der Waals surface area contributed by atoms with Crippen LogP contribution in [-0.2, 0) is 89.9 Å². The second kappa shape index (κ2) is 24.9. The van der Waals surface area contributed by atoms with Crippen LogP contribution in [0.15, 0.2) is 72.8 Å². The molecule has 4 aromatic heterocycles. The van der Waals surface area contributed by atoms with Gasteiger partial charge >= 0.3 is 23.9 Å². The maximum absolute atomic E-state index is 12.5. The molecule has 0 unspecified atom stereocenters. The van der Waals surface area contributed by atoms with Gasteiger partial charge in [0.1, 0.15) is 6.61 Å². The molecule has 0 amide bonds. The second-order valence-electron chi connectivity index (χ2n) is 25.9.